The molecular formula is C29H29F7N4O2. The number of amides is 1. The zero-order chi connectivity index (χ0) is 30.2. The van der Waals surface area contributed by atoms with Gasteiger partial charge in [0.25, 0.3) is 0 Å². The Morgan fingerprint density at radius 2 is 1.55 bits per heavy atom. The molecule has 1 saturated carbocycles. The summed E-state index contributed by atoms with van der Waals surface area (Å²) in [5.41, 5.74) is -2.45. The van der Waals surface area contributed by atoms with Gasteiger partial charge >= 0.3 is 12.4 Å². The van der Waals surface area contributed by atoms with Crippen LogP contribution in [-0.4, -0.2) is 44.8 Å². The van der Waals surface area contributed by atoms with Crippen LogP contribution in [0.15, 0.2) is 55.1 Å². The Morgan fingerprint density at radius 1 is 0.929 bits per heavy atom. The minimum Gasteiger partial charge on any atom is -0.370 e. The lowest BCUT2D eigenvalue weighted by atomic mass is 9.86. The fourth-order valence-electron chi connectivity index (χ4n) is 5.99. The van der Waals surface area contributed by atoms with Crippen molar-refractivity contribution >= 4 is 5.91 Å². The molecular weight excluding hydrogens is 569 g/mol. The van der Waals surface area contributed by atoms with Gasteiger partial charge in [-0.3, -0.25) is 4.79 Å². The van der Waals surface area contributed by atoms with E-state index in [-0.39, 0.29) is 36.0 Å². The summed E-state index contributed by atoms with van der Waals surface area (Å²) in [5.74, 6) is -1.19. The van der Waals surface area contributed by atoms with Gasteiger partial charge in [0.2, 0.25) is 5.91 Å². The van der Waals surface area contributed by atoms with Crippen LogP contribution in [0.2, 0.25) is 0 Å². The number of rotatable bonds is 6. The molecule has 2 aliphatic rings. The molecule has 5 rings (SSSR count). The second-order valence-electron chi connectivity index (χ2n) is 11.0. The number of ether oxygens (including phenoxy) is 1. The minimum atomic E-state index is -4.98. The van der Waals surface area contributed by atoms with Crippen LogP contribution in [0.1, 0.15) is 72.9 Å². The van der Waals surface area contributed by atoms with Crippen molar-refractivity contribution in [3.63, 3.8) is 0 Å². The van der Waals surface area contributed by atoms with Crippen LogP contribution < -0.4 is 0 Å². The highest BCUT2D eigenvalue weighted by Crippen LogP contribution is 2.41. The number of hydrogen-bond acceptors (Lipinski definition) is 4. The number of aromatic nitrogens is 3. The van der Waals surface area contributed by atoms with Crippen LogP contribution >= 0.6 is 0 Å². The van der Waals surface area contributed by atoms with Crippen LogP contribution in [0.25, 0.3) is 0 Å². The Labute approximate surface area is 237 Å². The van der Waals surface area contributed by atoms with Gasteiger partial charge in [0.1, 0.15) is 18.5 Å². The van der Waals surface area contributed by atoms with E-state index < -0.39 is 47.4 Å². The summed E-state index contributed by atoms with van der Waals surface area (Å²) < 4.78 is 102. The third-order valence-electron chi connectivity index (χ3n) is 8.23. The Hall–Kier alpha value is -3.48. The molecule has 226 valence electrons. The molecule has 1 saturated heterocycles. The highest BCUT2D eigenvalue weighted by molar-refractivity contribution is 5.79. The molecule has 1 amide bonds. The van der Waals surface area contributed by atoms with Gasteiger partial charge in [-0.1, -0.05) is 12.1 Å². The van der Waals surface area contributed by atoms with E-state index in [1.165, 1.54) is 19.1 Å². The number of hydrogen-bond donors (Lipinski definition) is 0. The molecule has 2 fully saturated rings. The topological polar surface area (TPSA) is 60.2 Å². The van der Waals surface area contributed by atoms with Gasteiger partial charge in [-0.05, 0) is 74.1 Å². The zero-order valence-electron chi connectivity index (χ0n) is 22.6. The summed E-state index contributed by atoms with van der Waals surface area (Å²) >= 11 is 0. The van der Waals surface area contributed by atoms with Crippen molar-refractivity contribution in [2.75, 3.05) is 13.1 Å². The summed E-state index contributed by atoms with van der Waals surface area (Å²) in [7, 11) is 0. The van der Waals surface area contributed by atoms with Gasteiger partial charge in [-0.25, -0.2) is 4.39 Å². The van der Waals surface area contributed by atoms with E-state index in [2.05, 4.69) is 10.2 Å². The predicted molar refractivity (Wildman–Crippen MR) is 136 cm³/mol. The molecule has 1 aromatic heterocycles. The Bertz CT molecular complexity index is 1340. The van der Waals surface area contributed by atoms with E-state index in [0.717, 1.165) is 6.42 Å². The maximum absolute atomic E-state index is 13.7. The molecule has 2 heterocycles. The van der Waals surface area contributed by atoms with E-state index in [0.29, 0.717) is 43.5 Å². The number of piperidine rings is 1. The quantitative estimate of drug-likeness (QED) is 0.288. The SMILES string of the molecule is C[C@@H](O[C@H]1CCN(C(=O)[C@@H]2CC[C@@H](n3cnnc3)C2)CC1c1ccc(F)cc1)c1cc(C(F)(F)F)cc(C(F)(F)F)c1. The van der Waals surface area contributed by atoms with E-state index in [4.69, 9.17) is 4.74 Å². The van der Waals surface area contributed by atoms with E-state index in [1.54, 1.807) is 29.7 Å². The average molecular weight is 599 g/mol. The number of carbonyl (C=O) groups is 1. The van der Waals surface area contributed by atoms with Gasteiger partial charge in [-0.2, -0.15) is 26.3 Å². The number of carbonyl (C=O) groups excluding carboxylic acids is 1. The summed E-state index contributed by atoms with van der Waals surface area (Å²) in [4.78, 5) is 15.3. The smallest absolute Gasteiger partial charge is 0.370 e. The first-order valence-corrected chi connectivity index (χ1v) is 13.6. The fraction of sp³-hybridized carbons (Fsp3) is 0.483. The van der Waals surface area contributed by atoms with E-state index in [9.17, 15) is 35.5 Å². The first-order chi connectivity index (χ1) is 19.8. The van der Waals surface area contributed by atoms with Crippen molar-refractivity contribution in [2.45, 2.75) is 69.1 Å². The van der Waals surface area contributed by atoms with Gasteiger partial charge in [0, 0.05) is 31.0 Å². The zero-order valence-corrected chi connectivity index (χ0v) is 22.6. The minimum absolute atomic E-state index is 0.0307. The first kappa shape index (κ1) is 30.0. The lowest BCUT2D eigenvalue weighted by Gasteiger charge is -2.41. The average Bonchev–Trinajstić information content (AvgIpc) is 3.65. The normalized spacial score (nSPS) is 24.1. The predicted octanol–water partition coefficient (Wildman–Crippen LogP) is 6.96. The highest BCUT2D eigenvalue weighted by Gasteiger charge is 2.40. The van der Waals surface area contributed by atoms with Crippen LogP contribution in [0, 0.1) is 11.7 Å². The molecule has 3 aromatic rings. The largest absolute Gasteiger partial charge is 0.416 e. The molecule has 5 atom stereocenters. The van der Waals surface area contributed by atoms with Gasteiger partial charge < -0.3 is 14.2 Å². The van der Waals surface area contributed by atoms with Crippen molar-refractivity contribution in [1.82, 2.24) is 19.7 Å². The molecule has 1 aliphatic heterocycles. The first-order valence-electron chi connectivity index (χ1n) is 13.6. The number of halogens is 7. The molecule has 6 nitrogen and oxygen atoms in total. The maximum Gasteiger partial charge on any atom is 0.416 e. The Kier molecular flexibility index (Phi) is 8.32. The molecule has 0 bridgehead atoms. The summed E-state index contributed by atoms with van der Waals surface area (Å²) in [5, 5.41) is 7.66. The van der Waals surface area contributed by atoms with Gasteiger partial charge in [-0.15, -0.1) is 10.2 Å². The molecule has 0 radical (unpaired) electrons. The number of benzene rings is 2. The van der Waals surface area contributed by atoms with Gasteiger partial charge in [0.05, 0.1) is 23.3 Å². The summed E-state index contributed by atoms with van der Waals surface area (Å²) in [6, 6.07) is 7.16. The third-order valence-corrected chi connectivity index (χ3v) is 8.23. The maximum atomic E-state index is 13.7. The molecule has 13 heteroatoms. The van der Waals surface area contributed by atoms with Gasteiger partial charge in [0.15, 0.2) is 0 Å². The van der Waals surface area contributed by atoms with E-state index >= 15 is 0 Å². The van der Waals surface area contributed by atoms with Crippen molar-refractivity contribution in [3.8, 4) is 0 Å². The molecule has 0 spiro atoms. The molecule has 0 N–H and O–H groups in total. The van der Waals surface area contributed by atoms with E-state index in [1.807, 2.05) is 4.57 Å². The number of nitrogens with zero attached hydrogens (tertiary/aromatic N) is 4. The second-order valence-corrected chi connectivity index (χ2v) is 11.0. The second kappa shape index (κ2) is 11.7. The molecule has 1 aliphatic carbocycles. The molecule has 42 heavy (non-hydrogen) atoms. The van der Waals surface area contributed by atoms with Crippen LogP contribution in [0.4, 0.5) is 30.7 Å². The standard InChI is InChI=1S/C29H29F7N4O2/c1-17(20-10-21(28(31,32)33)13-22(11-20)29(34,35)36)42-26-8-9-39(14-25(26)18-2-5-23(30)6-3-18)27(41)19-4-7-24(12-19)40-15-37-38-16-40/h2-3,5-6,10-11,13,15-17,19,24-26H,4,7-9,12,14H2,1H3/t17-,19-,24-,25?,26+/m1/s1. The lowest BCUT2D eigenvalue weighted by Crippen LogP contribution is -2.47. The van der Waals surface area contributed by atoms with Crippen molar-refractivity contribution in [2.24, 2.45) is 5.92 Å². The summed E-state index contributed by atoms with van der Waals surface area (Å²) in [6.07, 6.45) is -6.08. The molecule has 2 aromatic carbocycles. The monoisotopic (exact) mass is 598 g/mol. The van der Waals surface area contributed by atoms with Crippen LogP contribution in [-0.2, 0) is 21.9 Å². The summed E-state index contributed by atoms with van der Waals surface area (Å²) in [6.45, 7) is 1.92. The van der Waals surface area contributed by atoms with Crippen molar-refractivity contribution in [3.05, 3.63) is 83.2 Å². The number of likely N-dealkylation sites (tertiary alicyclic amines) is 1. The number of alkyl halides is 6. The third kappa shape index (κ3) is 6.61. The Morgan fingerprint density at radius 3 is 2.14 bits per heavy atom. The fourth-order valence-corrected chi connectivity index (χ4v) is 5.99. The molecule has 1 unspecified atom stereocenters. The lowest BCUT2D eigenvalue weighted by molar-refractivity contribution is -0.143. The van der Waals surface area contributed by atoms with Crippen molar-refractivity contribution < 1.29 is 40.3 Å². The van der Waals surface area contributed by atoms with Crippen molar-refractivity contribution in [1.29, 1.82) is 0 Å². The Balaban J connectivity index is 1.36. The van der Waals surface area contributed by atoms with Crippen LogP contribution in [0.3, 0.4) is 0 Å². The van der Waals surface area contributed by atoms with Crippen LogP contribution in [0.5, 0.6) is 0 Å². The highest BCUT2D eigenvalue weighted by atomic mass is 19.4.